The molecule has 3 rings (SSSR count). The van der Waals surface area contributed by atoms with E-state index in [1.807, 2.05) is 39.8 Å². The van der Waals surface area contributed by atoms with Crippen molar-refractivity contribution in [2.75, 3.05) is 18.0 Å². The van der Waals surface area contributed by atoms with Crippen molar-refractivity contribution < 1.29 is 22.7 Å². The lowest BCUT2D eigenvalue weighted by Gasteiger charge is -2.35. The highest BCUT2D eigenvalue weighted by Gasteiger charge is 2.29. The van der Waals surface area contributed by atoms with Gasteiger partial charge >= 0.3 is 6.18 Å². The number of carbonyl (C=O) groups is 1. The smallest absolute Gasteiger partial charge is 0.372 e. The molecule has 3 heterocycles. The van der Waals surface area contributed by atoms with E-state index in [0.717, 1.165) is 27.0 Å². The van der Waals surface area contributed by atoms with Gasteiger partial charge in [-0.15, -0.1) is 0 Å². The molecule has 2 aromatic rings. The van der Waals surface area contributed by atoms with Crippen molar-refractivity contribution in [3.8, 4) is 10.4 Å². The van der Waals surface area contributed by atoms with E-state index in [2.05, 4.69) is 15.2 Å². The Labute approximate surface area is 183 Å². The Kier molecular flexibility index (Phi) is 7.20. The Morgan fingerprint density at radius 3 is 2.39 bits per heavy atom. The average molecular weight is 457 g/mol. The standard InChI is InChI=1S/C21H27F3N4O2S/c1-12-7-16(8-13(2)26-12)19-17(9-25-18(29)5-6-21(22,23)24)27-20(31-19)28-10-14(3)30-15(4)11-28/h7-8,14-15H,5-6,9-11H2,1-4H3,(H,25,29)/t14-,15+. The summed E-state index contributed by atoms with van der Waals surface area (Å²) < 4.78 is 43.0. The van der Waals surface area contributed by atoms with Crippen LogP contribution in [0.25, 0.3) is 10.4 Å². The van der Waals surface area contributed by atoms with Gasteiger partial charge in [-0.05, 0) is 45.4 Å². The number of rotatable bonds is 6. The number of aryl methyl sites for hydroxylation is 2. The third-order valence-electron chi connectivity index (χ3n) is 4.81. The molecule has 2 atom stereocenters. The Bertz CT molecular complexity index is 902. The van der Waals surface area contributed by atoms with Crippen LogP contribution in [0, 0.1) is 13.8 Å². The predicted molar refractivity (Wildman–Crippen MR) is 114 cm³/mol. The van der Waals surface area contributed by atoms with Crippen LogP contribution in [0.1, 0.15) is 43.8 Å². The minimum atomic E-state index is -4.36. The second-order valence-electron chi connectivity index (χ2n) is 7.97. The fraction of sp³-hybridized carbons (Fsp3) is 0.571. The number of halogens is 3. The average Bonchev–Trinajstić information content (AvgIpc) is 3.07. The molecule has 0 spiro atoms. The summed E-state index contributed by atoms with van der Waals surface area (Å²) in [6.45, 7) is 9.29. The highest BCUT2D eigenvalue weighted by atomic mass is 32.1. The van der Waals surface area contributed by atoms with Gasteiger partial charge in [0.2, 0.25) is 5.91 Å². The summed E-state index contributed by atoms with van der Waals surface area (Å²) in [5.74, 6) is -0.645. The summed E-state index contributed by atoms with van der Waals surface area (Å²) in [5, 5.41) is 3.40. The highest BCUT2D eigenvalue weighted by molar-refractivity contribution is 7.19. The summed E-state index contributed by atoms with van der Waals surface area (Å²) in [7, 11) is 0. The SMILES string of the molecule is Cc1cc(-c2sc(N3C[C@@H](C)O[C@@H](C)C3)nc2CNC(=O)CCC(F)(F)F)cc(C)n1. The molecule has 0 radical (unpaired) electrons. The van der Waals surface area contributed by atoms with E-state index < -0.39 is 24.9 Å². The Morgan fingerprint density at radius 2 is 1.81 bits per heavy atom. The van der Waals surface area contributed by atoms with Crippen LogP contribution < -0.4 is 10.2 Å². The second-order valence-corrected chi connectivity index (χ2v) is 8.94. The first-order valence-electron chi connectivity index (χ1n) is 10.2. The summed E-state index contributed by atoms with van der Waals surface area (Å²) in [6.07, 6.45) is -5.96. The van der Waals surface area contributed by atoms with Crippen molar-refractivity contribution in [1.29, 1.82) is 0 Å². The molecule has 1 saturated heterocycles. The number of alkyl halides is 3. The summed E-state index contributed by atoms with van der Waals surface area (Å²) in [4.78, 5) is 24.1. The number of aromatic nitrogens is 2. The van der Waals surface area contributed by atoms with Crippen LogP contribution in [0.5, 0.6) is 0 Å². The quantitative estimate of drug-likeness (QED) is 0.698. The zero-order valence-electron chi connectivity index (χ0n) is 18.0. The van der Waals surface area contributed by atoms with E-state index in [4.69, 9.17) is 9.72 Å². The van der Waals surface area contributed by atoms with Gasteiger partial charge in [0.1, 0.15) is 0 Å². The van der Waals surface area contributed by atoms with Gasteiger partial charge in [-0.25, -0.2) is 4.98 Å². The number of nitrogens with one attached hydrogen (secondary N) is 1. The molecule has 1 fully saturated rings. The topological polar surface area (TPSA) is 67.3 Å². The summed E-state index contributed by atoms with van der Waals surface area (Å²) >= 11 is 1.51. The maximum Gasteiger partial charge on any atom is 0.389 e. The molecule has 0 aliphatic carbocycles. The van der Waals surface area contributed by atoms with Gasteiger partial charge in [-0.1, -0.05) is 11.3 Å². The Morgan fingerprint density at radius 1 is 1.19 bits per heavy atom. The summed E-state index contributed by atoms with van der Waals surface area (Å²) in [6, 6.07) is 3.90. The molecule has 1 aliphatic rings. The van der Waals surface area contributed by atoms with Crippen molar-refractivity contribution in [1.82, 2.24) is 15.3 Å². The number of carbonyl (C=O) groups excluding carboxylic acids is 1. The van der Waals surface area contributed by atoms with Gasteiger partial charge in [-0.2, -0.15) is 13.2 Å². The van der Waals surface area contributed by atoms with Crippen LogP contribution in [0.4, 0.5) is 18.3 Å². The first-order chi connectivity index (χ1) is 14.5. The number of hydrogen-bond donors (Lipinski definition) is 1. The van der Waals surface area contributed by atoms with Crippen molar-refractivity contribution in [3.05, 3.63) is 29.2 Å². The number of hydrogen-bond acceptors (Lipinski definition) is 6. The van der Waals surface area contributed by atoms with E-state index in [9.17, 15) is 18.0 Å². The number of thiazole rings is 1. The van der Waals surface area contributed by atoms with Crippen LogP contribution in [0.2, 0.25) is 0 Å². The molecule has 1 amide bonds. The van der Waals surface area contributed by atoms with Gasteiger partial charge in [0.05, 0.1) is 35.7 Å². The van der Waals surface area contributed by atoms with Gasteiger partial charge in [0.15, 0.2) is 5.13 Å². The fourth-order valence-corrected chi connectivity index (χ4v) is 4.73. The van der Waals surface area contributed by atoms with Crippen LogP contribution in [-0.4, -0.2) is 47.3 Å². The number of pyridine rings is 1. The number of ether oxygens (including phenoxy) is 1. The molecule has 6 nitrogen and oxygen atoms in total. The first kappa shape index (κ1) is 23.5. The molecule has 0 unspecified atom stereocenters. The van der Waals surface area contributed by atoms with Crippen LogP contribution in [0.15, 0.2) is 12.1 Å². The molecule has 10 heteroatoms. The van der Waals surface area contributed by atoms with Gasteiger partial charge in [0, 0.05) is 30.9 Å². The Hall–Kier alpha value is -2.20. The minimum absolute atomic E-state index is 0.0621. The van der Waals surface area contributed by atoms with Gasteiger partial charge < -0.3 is 15.0 Å². The number of amides is 1. The second kappa shape index (κ2) is 9.52. The van der Waals surface area contributed by atoms with E-state index in [1.165, 1.54) is 11.3 Å². The molecule has 1 aliphatic heterocycles. The van der Waals surface area contributed by atoms with Crippen molar-refractivity contribution in [2.45, 2.75) is 65.5 Å². The van der Waals surface area contributed by atoms with E-state index in [1.54, 1.807) is 0 Å². The molecule has 0 aromatic carbocycles. The molecule has 31 heavy (non-hydrogen) atoms. The molecule has 0 bridgehead atoms. The molecule has 0 saturated carbocycles. The number of anilines is 1. The largest absolute Gasteiger partial charge is 0.389 e. The monoisotopic (exact) mass is 456 g/mol. The lowest BCUT2D eigenvalue weighted by molar-refractivity contribution is -0.144. The predicted octanol–water partition coefficient (Wildman–Crippen LogP) is 4.39. The van der Waals surface area contributed by atoms with Gasteiger partial charge in [0.25, 0.3) is 0 Å². The number of morpholine rings is 1. The first-order valence-corrected chi connectivity index (χ1v) is 11.0. The molecule has 2 aromatic heterocycles. The van der Waals surface area contributed by atoms with E-state index in [0.29, 0.717) is 18.8 Å². The van der Waals surface area contributed by atoms with Crippen LogP contribution in [0.3, 0.4) is 0 Å². The normalized spacial score (nSPS) is 19.5. The maximum absolute atomic E-state index is 12.4. The highest BCUT2D eigenvalue weighted by Crippen LogP contribution is 2.36. The zero-order chi connectivity index (χ0) is 22.8. The minimum Gasteiger partial charge on any atom is -0.372 e. The molecular formula is C21H27F3N4O2S. The molecular weight excluding hydrogens is 429 g/mol. The van der Waals surface area contributed by atoms with E-state index >= 15 is 0 Å². The Balaban J connectivity index is 1.85. The van der Waals surface area contributed by atoms with Crippen LogP contribution >= 0.6 is 11.3 Å². The molecule has 1 N–H and O–H groups in total. The van der Waals surface area contributed by atoms with Crippen LogP contribution in [-0.2, 0) is 16.1 Å². The van der Waals surface area contributed by atoms with E-state index in [-0.39, 0.29) is 18.8 Å². The maximum atomic E-state index is 12.4. The fourth-order valence-electron chi connectivity index (χ4n) is 3.65. The third-order valence-corrected chi connectivity index (χ3v) is 6.02. The van der Waals surface area contributed by atoms with Crippen molar-refractivity contribution in [3.63, 3.8) is 0 Å². The summed E-state index contributed by atoms with van der Waals surface area (Å²) in [5.41, 5.74) is 3.29. The third kappa shape index (κ3) is 6.64. The lowest BCUT2D eigenvalue weighted by atomic mass is 10.1. The number of nitrogens with zero attached hydrogens (tertiary/aromatic N) is 3. The van der Waals surface area contributed by atoms with Crippen molar-refractivity contribution >= 4 is 22.4 Å². The lowest BCUT2D eigenvalue weighted by Crippen LogP contribution is -2.45. The molecule has 170 valence electrons. The van der Waals surface area contributed by atoms with Crippen molar-refractivity contribution in [2.24, 2.45) is 0 Å². The zero-order valence-corrected chi connectivity index (χ0v) is 18.9. The van der Waals surface area contributed by atoms with Gasteiger partial charge in [-0.3, -0.25) is 9.78 Å².